The highest BCUT2D eigenvalue weighted by atomic mass is 32.2. The Morgan fingerprint density at radius 2 is 2.27 bits per heavy atom. The van der Waals surface area contributed by atoms with Crippen LogP contribution in [0.2, 0.25) is 0 Å². The summed E-state index contributed by atoms with van der Waals surface area (Å²) < 4.78 is 12.9. The van der Waals surface area contributed by atoms with Crippen molar-refractivity contribution in [3.63, 3.8) is 0 Å². The lowest BCUT2D eigenvalue weighted by Gasteiger charge is -2.06. The summed E-state index contributed by atoms with van der Waals surface area (Å²) in [6.07, 6.45) is 5.10. The largest absolute Gasteiger partial charge is 0.399 e. The number of terminal acetylenes is 1. The monoisotopic (exact) mass is 224 g/mol. The molecule has 0 unspecified atom stereocenters. The van der Waals surface area contributed by atoms with Crippen molar-refractivity contribution in [2.75, 3.05) is 29.1 Å². The molecule has 1 rings (SSSR count). The second-order valence-corrected chi connectivity index (χ2v) is 4.06. The molecule has 0 spiro atoms. The van der Waals surface area contributed by atoms with E-state index in [1.807, 2.05) is 0 Å². The Bertz CT molecular complexity index is 340. The van der Waals surface area contributed by atoms with Crippen molar-refractivity contribution in [3.05, 3.63) is 24.0 Å². The van der Waals surface area contributed by atoms with Gasteiger partial charge in [-0.25, -0.2) is 4.39 Å². The highest BCUT2D eigenvalue weighted by Crippen LogP contribution is 2.15. The van der Waals surface area contributed by atoms with Crippen LogP contribution in [-0.4, -0.2) is 18.1 Å². The van der Waals surface area contributed by atoms with Crippen LogP contribution in [0.15, 0.2) is 18.2 Å². The lowest BCUT2D eigenvalue weighted by molar-refractivity contribution is 0.629. The maximum atomic E-state index is 12.9. The Kier molecular flexibility index (Phi) is 4.85. The van der Waals surface area contributed by atoms with E-state index in [1.165, 1.54) is 12.1 Å². The summed E-state index contributed by atoms with van der Waals surface area (Å²) in [6.45, 7) is 0.745. The summed E-state index contributed by atoms with van der Waals surface area (Å²) in [6, 6.07) is 4.41. The predicted octanol–water partition coefficient (Wildman–Crippen LogP) is 2.19. The third-order valence-electron chi connectivity index (χ3n) is 1.68. The van der Waals surface area contributed by atoms with Crippen molar-refractivity contribution in [1.29, 1.82) is 0 Å². The zero-order valence-electron chi connectivity index (χ0n) is 8.29. The molecule has 15 heavy (non-hydrogen) atoms. The molecule has 2 nitrogen and oxygen atoms in total. The molecule has 1 aromatic rings. The number of hydrogen-bond acceptors (Lipinski definition) is 3. The smallest absolute Gasteiger partial charge is 0.127 e. The molecule has 0 bridgehead atoms. The van der Waals surface area contributed by atoms with Crippen molar-refractivity contribution in [1.82, 2.24) is 0 Å². The SMILES string of the molecule is C#CCSCCNc1cc(N)cc(F)c1. The van der Waals surface area contributed by atoms with Gasteiger partial charge in [0.05, 0.1) is 5.75 Å². The van der Waals surface area contributed by atoms with E-state index in [4.69, 9.17) is 12.2 Å². The van der Waals surface area contributed by atoms with Gasteiger partial charge in [0.15, 0.2) is 0 Å². The lowest BCUT2D eigenvalue weighted by atomic mass is 10.2. The molecular formula is C11H13FN2S. The zero-order chi connectivity index (χ0) is 11.1. The van der Waals surface area contributed by atoms with E-state index in [0.717, 1.165) is 12.3 Å². The van der Waals surface area contributed by atoms with Gasteiger partial charge >= 0.3 is 0 Å². The normalized spacial score (nSPS) is 9.60. The maximum absolute atomic E-state index is 12.9. The quantitative estimate of drug-likeness (QED) is 0.457. The molecule has 0 fully saturated rings. The molecule has 0 aromatic heterocycles. The fourth-order valence-corrected chi connectivity index (χ4v) is 1.62. The van der Waals surface area contributed by atoms with Crippen LogP contribution >= 0.6 is 11.8 Å². The van der Waals surface area contributed by atoms with Gasteiger partial charge in [-0.3, -0.25) is 0 Å². The molecule has 0 amide bonds. The van der Waals surface area contributed by atoms with Crippen LogP contribution in [0.25, 0.3) is 0 Å². The number of benzene rings is 1. The average Bonchev–Trinajstić information content (AvgIpc) is 2.16. The third-order valence-corrected chi connectivity index (χ3v) is 2.54. The van der Waals surface area contributed by atoms with Crippen LogP contribution in [0.1, 0.15) is 0 Å². The molecule has 0 aliphatic rings. The Hall–Kier alpha value is -1.34. The molecule has 0 saturated heterocycles. The summed E-state index contributed by atoms with van der Waals surface area (Å²) in [7, 11) is 0. The van der Waals surface area contributed by atoms with Gasteiger partial charge in [0, 0.05) is 23.7 Å². The van der Waals surface area contributed by atoms with E-state index in [9.17, 15) is 4.39 Å². The summed E-state index contributed by atoms with van der Waals surface area (Å²) >= 11 is 1.66. The fraction of sp³-hybridized carbons (Fsp3) is 0.273. The van der Waals surface area contributed by atoms with Gasteiger partial charge in [-0.15, -0.1) is 18.2 Å². The molecule has 3 N–H and O–H groups in total. The predicted molar refractivity (Wildman–Crippen MR) is 65.5 cm³/mol. The first kappa shape index (κ1) is 11.7. The first-order valence-electron chi connectivity index (χ1n) is 4.53. The van der Waals surface area contributed by atoms with E-state index >= 15 is 0 Å². The first-order chi connectivity index (χ1) is 7.22. The molecule has 0 saturated carbocycles. The van der Waals surface area contributed by atoms with Gasteiger partial charge in [0.2, 0.25) is 0 Å². The van der Waals surface area contributed by atoms with Crippen molar-refractivity contribution in [2.24, 2.45) is 0 Å². The van der Waals surface area contributed by atoms with E-state index in [-0.39, 0.29) is 5.82 Å². The Morgan fingerprint density at radius 1 is 1.47 bits per heavy atom. The summed E-state index contributed by atoms with van der Waals surface area (Å²) in [4.78, 5) is 0. The summed E-state index contributed by atoms with van der Waals surface area (Å²) in [5.74, 6) is 3.81. The number of halogens is 1. The van der Waals surface area contributed by atoms with Crippen molar-refractivity contribution in [3.8, 4) is 12.3 Å². The molecule has 0 radical (unpaired) electrons. The van der Waals surface area contributed by atoms with Gasteiger partial charge < -0.3 is 11.1 Å². The van der Waals surface area contributed by atoms with Gasteiger partial charge in [-0.1, -0.05) is 5.92 Å². The van der Waals surface area contributed by atoms with Crippen LogP contribution in [0.3, 0.4) is 0 Å². The zero-order valence-corrected chi connectivity index (χ0v) is 9.11. The molecule has 0 aliphatic heterocycles. The van der Waals surface area contributed by atoms with E-state index in [0.29, 0.717) is 17.1 Å². The van der Waals surface area contributed by atoms with Crippen LogP contribution in [0.4, 0.5) is 15.8 Å². The minimum Gasteiger partial charge on any atom is -0.399 e. The van der Waals surface area contributed by atoms with Crippen molar-refractivity contribution < 1.29 is 4.39 Å². The maximum Gasteiger partial charge on any atom is 0.127 e. The molecule has 0 aliphatic carbocycles. The number of nitrogen functional groups attached to an aromatic ring is 1. The fourth-order valence-electron chi connectivity index (χ4n) is 1.11. The highest BCUT2D eigenvalue weighted by Gasteiger charge is 1.97. The lowest BCUT2D eigenvalue weighted by Crippen LogP contribution is -2.05. The highest BCUT2D eigenvalue weighted by molar-refractivity contribution is 7.99. The standard InChI is InChI=1S/C11H13FN2S/c1-2-4-15-5-3-14-11-7-9(12)6-10(13)8-11/h1,6-8,14H,3-5,13H2. The average molecular weight is 224 g/mol. The minimum atomic E-state index is -0.325. The second-order valence-electron chi connectivity index (χ2n) is 2.96. The molecular weight excluding hydrogens is 211 g/mol. The first-order valence-corrected chi connectivity index (χ1v) is 5.69. The molecule has 0 heterocycles. The van der Waals surface area contributed by atoms with Gasteiger partial charge in [-0.2, -0.15) is 0 Å². The van der Waals surface area contributed by atoms with Crippen LogP contribution in [0, 0.1) is 18.2 Å². The van der Waals surface area contributed by atoms with Gasteiger partial charge in [0.1, 0.15) is 5.82 Å². The number of thioether (sulfide) groups is 1. The number of nitrogens with two attached hydrogens (primary N) is 1. The molecule has 0 atom stereocenters. The second kappa shape index (κ2) is 6.20. The number of hydrogen-bond donors (Lipinski definition) is 2. The van der Waals surface area contributed by atoms with E-state index < -0.39 is 0 Å². The molecule has 1 aromatic carbocycles. The number of rotatable bonds is 5. The Labute approximate surface area is 93.4 Å². The van der Waals surface area contributed by atoms with Crippen LogP contribution in [0.5, 0.6) is 0 Å². The number of nitrogens with one attached hydrogen (secondary N) is 1. The topological polar surface area (TPSA) is 38.0 Å². The molecule has 4 heteroatoms. The van der Waals surface area contributed by atoms with Crippen LogP contribution in [-0.2, 0) is 0 Å². The summed E-state index contributed by atoms with van der Waals surface area (Å²) in [5.41, 5.74) is 6.63. The third kappa shape index (κ3) is 4.61. The summed E-state index contributed by atoms with van der Waals surface area (Å²) in [5, 5.41) is 3.08. The van der Waals surface area contributed by atoms with Gasteiger partial charge in [0.25, 0.3) is 0 Å². The Morgan fingerprint density at radius 3 is 2.93 bits per heavy atom. The van der Waals surface area contributed by atoms with E-state index in [2.05, 4.69) is 11.2 Å². The minimum absolute atomic E-state index is 0.325. The van der Waals surface area contributed by atoms with Crippen molar-refractivity contribution in [2.45, 2.75) is 0 Å². The Balaban J connectivity index is 2.34. The molecule has 80 valence electrons. The van der Waals surface area contributed by atoms with Crippen LogP contribution < -0.4 is 11.1 Å². The van der Waals surface area contributed by atoms with Crippen molar-refractivity contribution >= 4 is 23.1 Å². The van der Waals surface area contributed by atoms with Gasteiger partial charge in [-0.05, 0) is 18.2 Å². The van der Waals surface area contributed by atoms with E-state index in [1.54, 1.807) is 17.8 Å². The number of anilines is 2.